The Kier molecular flexibility index (Phi) is 6.48. The fourth-order valence-electron chi connectivity index (χ4n) is 3.03. The number of halogens is 4. The molecule has 1 aliphatic heterocycles. The summed E-state index contributed by atoms with van der Waals surface area (Å²) in [6.07, 6.45) is -0.000257. The van der Waals surface area contributed by atoms with Gasteiger partial charge in [-0.2, -0.15) is 28.1 Å². The van der Waals surface area contributed by atoms with Gasteiger partial charge in [0, 0.05) is 19.3 Å². The molecular formula is C18H20F4N10O. The van der Waals surface area contributed by atoms with E-state index in [9.17, 15) is 17.6 Å². The molecule has 1 unspecified atom stereocenters. The number of ether oxygens (including phenoxy) is 1. The summed E-state index contributed by atoms with van der Waals surface area (Å²) in [4.78, 5) is 26.8. The molecule has 3 aromatic heterocycles. The molecule has 0 saturated carbocycles. The van der Waals surface area contributed by atoms with E-state index < -0.39 is 24.6 Å². The molecule has 15 heteroatoms. The lowest BCUT2D eigenvalue weighted by Crippen LogP contribution is -2.37. The first-order valence-corrected chi connectivity index (χ1v) is 9.93. The lowest BCUT2D eigenvalue weighted by atomic mass is 10.3. The predicted molar refractivity (Wildman–Crippen MR) is 108 cm³/mol. The summed E-state index contributed by atoms with van der Waals surface area (Å²) >= 11 is 0. The number of aromatic nitrogens is 7. The maximum Gasteiger partial charge on any atom is 0.406 e. The van der Waals surface area contributed by atoms with Crippen molar-refractivity contribution >= 4 is 23.7 Å². The van der Waals surface area contributed by atoms with E-state index in [1.165, 1.54) is 6.20 Å². The molecule has 0 aliphatic carbocycles. The van der Waals surface area contributed by atoms with Crippen LogP contribution < -0.4 is 15.5 Å². The molecule has 4 heterocycles. The molecule has 33 heavy (non-hydrogen) atoms. The Morgan fingerprint density at radius 3 is 2.45 bits per heavy atom. The van der Waals surface area contributed by atoms with Crippen LogP contribution in [0.15, 0.2) is 24.9 Å². The summed E-state index contributed by atoms with van der Waals surface area (Å²) in [5.41, 5.74) is 0. The van der Waals surface area contributed by atoms with Crippen LogP contribution in [0.25, 0.3) is 0 Å². The van der Waals surface area contributed by atoms with Crippen molar-refractivity contribution in [2.75, 3.05) is 41.8 Å². The van der Waals surface area contributed by atoms with Crippen LogP contribution in [0.4, 0.5) is 41.2 Å². The molecule has 1 saturated heterocycles. The van der Waals surface area contributed by atoms with Crippen molar-refractivity contribution in [3.05, 3.63) is 36.6 Å². The Morgan fingerprint density at radius 2 is 1.76 bits per heavy atom. The third kappa shape index (κ3) is 6.21. The minimum Gasteiger partial charge on any atom is -0.378 e. The van der Waals surface area contributed by atoms with Gasteiger partial charge in [0.2, 0.25) is 17.8 Å². The van der Waals surface area contributed by atoms with Crippen molar-refractivity contribution in [1.29, 1.82) is 0 Å². The molecular weight excluding hydrogens is 448 g/mol. The van der Waals surface area contributed by atoms with Gasteiger partial charge >= 0.3 is 6.18 Å². The largest absolute Gasteiger partial charge is 0.406 e. The summed E-state index contributed by atoms with van der Waals surface area (Å²) in [6, 6.07) is -0.468. The maximum absolute atomic E-state index is 13.1. The number of nitrogens with one attached hydrogen (secondary N) is 2. The molecule has 4 rings (SSSR count). The zero-order chi connectivity index (χ0) is 23.4. The Labute approximate surface area is 185 Å². The quantitative estimate of drug-likeness (QED) is 0.500. The monoisotopic (exact) mass is 468 g/mol. The molecule has 0 amide bonds. The molecule has 176 valence electrons. The highest BCUT2D eigenvalue weighted by Crippen LogP contribution is 2.22. The van der Waals surface area contributed by atoms with Crippen LogP contribution in [0.3, 0.4) is 0 Å². The highest BCUT2D eigenvalue weighted by atomic mass is 19.4. The summed E-state index contributed by atoms with van der Waals surface area (Å²) in [7, 11) is 0. The normalized spacial score (nSPS) is 15.4. The second-order valence-corrected chi connectivity index (χ2v) is 7.18. The Hall–Kier alpha value is -3.62. The minimum atomic E-state index is -4.37. The van der Waals surface area contributed by atoms with Crippen molar-refractivity contribution in [1.82, 2.24) is 34.5 Å². The van der Waals surface area contributed by atoms with Gasteiger partial charge in [0.25, 0.3) is 0 Å². The lowest BCUT2D eigenvalue weighted by molar-refractivity contribution is -0.140. The van der Waals surface area contributed by atoms with E-state index in [-0.39, 0.29) is 17.7 Å². The average molecular weight is 468 g/mol. The van der Waals surface area contributed by atoms with Gasteiger partial charge < -0.3 is 24.8 Å². The van der Waals surface area contributed by atoms with E-state index in [0.717, 1.165) is 23.3 Å². The molecule has 0 spiro atoms. The number of rotatable bonds is 7. The highest BCUT2D eigenvalue weighted by Gasteiger charge is 2.28. The van der Waals surface area contributed by atoms with Gasteiger partial charge in [-0.15, -0.1) is 0 Å². The standard InChI is InChI=1S/C18H20F4N10O/c1-11(14-23-6-12(19)7-24-14)26-15-28-16(30-17(29-15)32-2-4-33-5-3-32)27-13-8-31(10-25-13)9-18(20,21)22/h6-8,10-11H,2-5,9H2,1H3,(H2,26,27,28,29,30). The van der Waals surface area contributed by atoms with E-state index in [1.807, 2.05) is 4.90 Å². The lowest BCUT2D eigenvalue weighted by Gasteiger charge is -2.27. The number of imidazole rings is 1. The van der Waals surface area contributed by atoms with Crippen molar-refractivity contribution in [2.24, 2.45) is 0 Å². The smallest absolute Gasteiger partial charge is 0.378 e. The third-order valence-electron chi connectivity index (χ3n) is 4.53. The SMILES string of the molecule is CC(Nc1nc(Nc2cn(CC(F)(F)F)cn2)nc(N2CCOCC2)n1)c1ncc(F)cn1. The van der Waals surface area contributed by atoms with Crippen molar-refractivity contribution in [3.8, 4) is 0 Å². The Balaban J connectivity index is 1.57. The second kappa shape index (κ2) is 9.48. The number of alkyl halides is 3. The van der Waals surface area contributed by atoms with Crippen LogP contribution >= 0.6 is 0 Å². The van der Waals surface area contributed by atoms with Gasteiger partial charge in [-0.1, -0.05) is 0 Å². The first kappa shape index (κ1) is 22.6. The fourth-order valence-corrected chi connectivity index (χ4v) is 3.03. The van der Waals surface area contributed by atoms with E-state index in [4.69, 9.17) is 4.74 Å². The van der Waals surface area contributed by atoms with Crippen molar-refractivity contribution in [2.45, 2.75) is 25.7 Å². The molecule has 0 radical (unpaired) electrons. The zero-order valence-electron chi connectivity index (χ0n) is 17.4. The number of morpholine rings is 1. The first-order valence-electron chi connectivity index (χ1n) is 9.93. The fraction of sp³-hybridized carbons (Fsp3) is 0.444. The van der Waals surface area contributed by atoms with Crippen LogP contribution in [-0.2, 0) is 11.3 Å². The molecule has 3 aromatic rings. The van der Waals surface area contributed by atoms with Crippen LogP contribution in [0, 0.1) is 5.82 Å². The maximum atomic E-state index is 13.1. The van der Waals surface area contributed by atoms with Gasteiger partial charge in [-0.25, -0.2) is 19.3 Å². The van der Waals surface area contributed by atoms with Gasteiger partial charge in [0.15, 0.2) is 11.6 Å². The molecule has 0 aromatic carbocycles. The predicted octanol–water partition coefficient (Wildman–Crippen LogP) is 2.31. The van der Waals surface area contributed by atoms with Gasteiger partial charge in [-0.3, -0.25) is 0 Å². The Bertz CT molecular complexity index is 1070. The topological polar surface area (TPSA) is 119 Å². The van der Waals surface area contributed by atoms with Crippen molar-refractivity contribution in [3.63, 3.8) is 0 Å². The molecule has 11 nitrogen and oxygen atoms in total. The van der Waals surface area contributed by atoms with Crippen LogP contribution in [0.1, 0.15) is 18.8 Å². The van der Waals surface area contributed by atoms with Gasteiger partial charge in [-0.05, 0) is 6.92 Å². The van der Waals surface area contributed by atoms with Crippen LogP contribution in [0.5, 0.6) is 0 Å². The number of anilines is 4. The first-order chi connectivity index (χ1) is 15.7. The number of nitrogens with zero attached hydrogens (tertiary/aromatic N) is 8. The molecule has 1 fully saturated rings. The summed E-state index contributed by atoms with van der Waals surface area (Å²) in [5.74, 6) is 0.504. The van der Waals surface area contributed by atoms with Crippen LogP contribution in [-0.4, -0.2) is 67.0 Å². The minimum absolute atomic E-state index is 0.0819. The van der Waals surface area contributed by atoms with Crippen molar-refractivity contribution < 1.29 is 22.3 Å². The third-order valence-corrected chi connectivity index (χ3v) is 4.53. The summed E-state index contributed by atoms with van der Waals surface area (Å²) in [5, 5.41) is 5.85. The van der Waals surface area contributed by atoms with Crippen LogP contribution in [0.2, 0.25) is 0 Å². The molecule has 2 N–H and O–H groups in total. The van der Waals surface area contributed by atoms with E-state index in [1.54, 1.807) is 6.92 Å². The van der Waals surface area contributed by atoms with Gasteiger partial charge in [0.05, 0.1) is 38.0 Å². The number of hydrogen-bond acceptors (Lipinski definition) is 10. The van der Waals surface area contributed by atoms with E-state index in [2.05, 4.69) is 40.5 Å². The van der Waals surface area contributed by atoms with E-state index in [0.29, 0.717) is 38.1 Å². The summed E-state index contributed by atoms with van der Waals surface area (Å²) < 4.78 is 57.2. The summed E-state index contributed by atoms with van der Waals surface area (Å²) in [6.45, 7) is 2.69. The Morgan fingerprint density at radius 1 is 1.06 bits per heavy atom. The van der Waals surface area contributed by atoms with E-state index >= 15 is 0 Å². The molecule has 1 aliphatic rings. The average Bonchev–Trinajstić information content (AvgIpc) is 3.19. The van der Waals surface area contributed by atoms with Gasteiger partial charge in [0.1, 0.15) is 12.4 Å². The molecule has 1 atom stereocenters. The highest BCUT2D eigenvalue weighted by molar-refractivity contribution is 5.52. The number of hydrogen-bond donors (Lipinski definition) is 2. The molecule has 0 bridgehead atoms. The second-order valence-electron chi connectivity index (χ2n) is 7.18. The zero-order valence-corrected chi connectivity index (χ0v) is 17.4.